The van der Waals surface area contributed by atoms with Crippen molar-refractivity contribution in [2.75, 3.05) is 0 Å². The SMILES string of the molecule is O=[N+]([O-])c1cc(C(F)F)c(Br)nc1CBr. The Labute approximate surface area is 100 Å². The maximum atomic E-state index is 12.4. The van der Waals surface area contributed by atoms with Crippen LogP contribution in [0.1, 0.15) is 17.7 Å². The molecule has 0 radical (unpaired) electrons. The molecule has 0 atom stereocenters. The fourth-order valence-electron chi connectivity index (χ4n) is 0.940. The van der Waals surface area contributed by atoms with Gasteiger partial charge in [0.05, 0.1) is 15.8 Å². The molecule has 1 aromatic rings. The minimum atomic E-state index is -2.80. The van der Waals surface area contributed by atoms with Crippen LogP contribution in [0.5, 0.6) is 0 Å². The Morgan fingerprint density at radius 3 is 2.60 bits per heavy atom. The van der Waals surface area contributed by atoms with Gasteiger partial charge in [0.2, 0.25) is 0 Å². The first-order valence-corrected chi connectivity index (χ1v) is 5.56. The van der Waals surface area contributed by atoms with Crippen LogP contribution in [-0.2, 0) is 5.33 Å². The second-order valence-corrected chi connectivity index (χ2v) is 3.84. The van der Waals surface area contributed by atoms with Crippen LogP contribution < -0.4 is 0 Å². The molecule has 0 saturated carbocycles. The summed E-state index contributed by atoms with van der Waals surface area (Å²) in [5.74, 6) is 0. The van der Waals surface area contributed by atoms with Crippen molar-refractivity contribution < 1.29 is 13.7 Å². The Hall–Kier alpha value is -0.630. The first-order chi connectivity index (χ1) is 6.97. The van der Waals surface area contributed by atoms with Crippen LogP contribution in [0.2, 0.25) is 0 Å². The van der Waals surface area contributed by atoms with Gasteiger partial charge in [-0.1, -0.05) is 15.9 Å². The van der Waals surface area contributed by atoms with Crippen LogP contribution >= 0.6 is 31.9 Å². The average molecular weight is 346 g/mol. The van der Waals surface area contributed by atoms with Crippen LogP contribution in [-0.4, -0.2) is 9.91 Å². The molecular formula is C7H4Br2F2N2O2. The maximum absolute atomic E-state index is 12.4. The normalized spacial score (nSPS) is 10.7. The number of nitro groups is 1. The summed E-state index contributed by atoms with van der Waals surface area (Å²) in [5, 5.41) is 10.7. The van der Waals surface area contributed by atoms with E-state index in [9.17, 15) is 18.9 Å². The van der Waals surface area contributed by atoms with Gasteiger partial charge in [-0.2, -0.15) is 0 Å². The van der Waals surface area contributed by atoms with E-state index in [4.69, 9.17) is 0 Å². The van der Waals surface area contributed by atoms with E-state index in [0.29, 0.717) is 0 Å². The monoisotopic (exact) mass is 344 g/mol. The molecule has 0 aromatic carbocycles. The lowest BCUT2D eigenvalue weighted by molar-refractivity contribution is -0.385. The van der Waals surface area contributed by atoms with Crippen LogP contribution in [0.15, 0.2) is 10.7 Å². The fourth-order valence-corrected chi connectivity index (χ4v) is 1.85. The molecule has 82 valence electrons. The van der Waals surface area contributed by atoms with Gasteiger partial charge < -0.3 is 0 Å². The first kappa shape index (κ1) is 12.4. The van der Waals surface area contributed by atoms with Crippen molar-refractivity contribution in [3.05, 3.63) is 32.0 Å². The van der Waals surface area contributed by atoms with E-state index in [1.54, 1.807) is 0 Å². The van der Waals surface area contributed by atoms with Gasteiger partial charge >= 0.3 is 0 Å². The minimum Gasteiger partial charge on any atom is -0.258 e. The van der Waals surface area contributed by atoms with Crippen molar-refractivity contribution >= 4 is 37.5 Å². The molecule has 0 spiro atoms. The van der Waals surface area contributed by atoms with Gasteiger partial charge in [0, 0.05) is 6.07 Å². The number of hydrogen-bond donors (Lipinski definition) is 0. The van der Waals surface area contributed by atoms with E-state index in [2.05, 4.69) is 36.8 Å². The third-order valence-electron chi connectivity index (χ3n) is 1.62. The predicted octanol–water partition coefficient (Wildman–Crippen LogP) is 3.58. The zero-order chi connectivity index (χ0) is 11.6. The van der Waals surface area contributed by atoms with E-state index < -0.39 is 22.6 Å². The predicted molar refractivity (Wildman–Crippen MR) is 56.2 cm³/mol. The summed E-state index contributed by atoms with van der Waals surface area (Å²) >= 11 is 5.83. The molecule has 1 heterocycles. The molecule has 0 bridgehead atoms. The summed E-state index contributed by atoms with van der Waals surface area (Å²) in [6, 6.07) is 0.832. The van der Waals surface area contributed by atoms with Crippen molar-refractivity contribution in [1.29, 1.82) is 0 Å². The molecule has 0 fully saturated rings. The molecule has 0 aliphatic heterocycles. The second kappa shape index (κ2) is 4.93. The molecule has 0 aliphatic rings. The van der Waals surface area contributed by atoms with Crippen LogP contribution in [0.25, 0.3) is 0 Å². The van der Waals surface area contributed by atoms with Crippen molar-refractivity contribution in [3.63, 3.8) is 0 Å². The maximum Gasteiger partial charge on any atom is 0.292 e. The van der Waals surface area contributed by atoms with Crippen LogP contribution in [0.3, 0.4) is 0 Å². The lowest BCUT2D eigenvalue weighted by Crippen LogP contribution is -2.00. The third kappa shape index (κ3) is 2.69. The van der Waals surface area contributed by atoms with Crippen LogP contribution in [0.4, 0.5) is 14.5 Å². The third-order valence-corrected chi connectivity index (χ3v) is 2.78. The molecule has 4 nitrogen and oxygen atoms in total. The highest BCUT2D eigenvalue weighted by Crippen LogP contribution is 2.31. The van der Waals surface area contributed by atoms with Gasteiger partial charge in [0.15, 0.2) is 0 Å². The van der Waals surface area contributed by atoms with Gasteiger partial charge in [-0.3, -0.25) is 10.1 Å². The second-order valence-electron chi connectivity index (χ2n) is 2.53. The summed E-state index contributed by atoms with van der Waals surface area (Å²) in [7, 11) is 0. The highest BCUT2D eigenvalue weighted by Gasteiger charge is 2.22. The average Bonchev–Trinajstić information content (AvgIpc) is 2.16. The first-order valence-electron chi connectivity index (χ1n) is 3.65. The number of rotatable bonds is 3. The van der Waals surface area contributed by atoms with Crippen LogP contribution in [0, 0.1) is 10.1 Å². The lowest BCUT2D eigenvalue weighted by Gasteiger charge is -2.05. The summed E-state index contributed by atoms with van der Waals surface area (Å²) in [6.07, 6.45) is -2.80. The van der Waals surface area contributed by atoms with Gasteiger partial charge in [-0.15, -0.1) is 0 Å². The Morgan fingerprint density at radius 1 is 1.60 bits per heavy atom. The van der Waals surface area contributed by atoms with Crippen molar-refractivity contribution in [3.8, 4) is 0 Å². The standard InChI is InChI=1S/C7H4Br2F2N2O2/c8-2-4-5(13(14)15)1-3(7(10)11)6(9)12-4/h1,7H,2H2. The van der Waals surface area contributed by atoms with Gasteiger partial charge in [-0.25, -0.2) is 13.8 Å². The van der Waals surface area contributed by atoms with E-state index >= 15 is 0 Å². The summed E-state index contributed by atoms with van der Waals surface area (Å²) in [4.78, 5) is 13.5. The quantitative estimate of drug-likeness (QED) is 0.364. The molecule has 0 unspecified atom stereocenters. The smallest absolute Gasteiger partial charge is 0.258 e. The number of alkyl halides is 3. The van der Waals surface area contributed by atoms with E-state index in [1.807, 2.05) is 0 Å². The number of nitrogens with zero attached hydrogens (tertiary/aromatic N) is 2. The molecule has 1 aromatic heterocycles. The van der Waals surface area contributed by atoms with Crippen molar-refractivity contribution in [2.45, 2.75) is 11.8 Å². The number of hydrogen-bond acceptors (Lipinski definition) is 3. The van der Waals surface area contributed by atoms with Crippen molar-refractivity contribution in [2.24, 2.45) is 0 Å². The molecule has 1 rings (SSSR count). The van der Waals surface area contributed by atoms with E-state index in [1.165, 1.54) is 0 Å². The molecule has 0 saturated heterocycles. The molecule has 0 N–H and O–H groups in total. The zero-order valence-electron chi connectivity index (χ0n) is 7.08. The topological polar surface area (TPSA) is 56.0 Å². The minimum absolute atomic E-state index is 0.0717. The lowest BCUT2D eigenvalue weighted by atomic mass is 10.2. The Bertz CT molecular complexity index is 401. The Balaban J connectivity index is 3.37. The highest BCUT2D eigenvalue weighted by molar-refractivity contribution is 9.10. The van der Waals surface area contributed by atoms with E-state index in [-0.39, 0.29) is 15.6 Å². The number of pyridine rings is 1. The Morgan fingerprint density at radius 2 is 2.20 bits per heavy atom. The van der Waals surface area contributed by atoms with Gasteiger partial charge in [0.25, 0.3) is 12.1 Å². The molecule has 0 aliphatic carbocycles. The summed E-state index contributed by atoms with van der Waals surface area (Å²) in [5.41, 5.74) is -0.784. The molecule has 0 amide bonds. The molecule has 15 heavy (non-hydrogen) atoms. The van der Waals surface area contributed by atoms with Gasteiger partial charge in [0.1, 0.15) is 10.3 Å². The summed E-state index contributed by atoms with van der Waals surface area (Å²) < 4.78 is 24.7. The Kier molecular flexibility index (Phi) is 4.09. The highest BCUT2D eigenvalue weighted by atomic mass is 79.9. The molecule has 8 heteroatoms. The summed E-state index contributed by atoms with van der Waals surface area (Å²) in [6.45, 7) is 0. The van der Waals surface area contributed by atoms with Crippen molar-refractivity contribution in [1.82, 2.24) is 4.98 Å². The number of aromatic nitrogens is 1. The fraction of sp³-hybridized carbons (Fsp3) is 0.286. The number of halogens is 4. The van der Waals surface area contributed by atoms with E-state index in [0.717, 1.165) is 6.07 Å². The molecular weight excluding hydrogens is 342 g/mol. The largest absolute Gasteiger partial charge is 0.292 e. The van der Waals surface area contributed by atoms with Gasteiger partial charge in [-0.05, 0) is 15.9 Å². The zero-order valence-corrected chi connectivity index (χ0v) is 10.3.